The number of ether oxygens (including phenoxy) is 2. The van der Waals surface area contributed by atoms with Gasteiger partial charge in [-0.3, -0.25) is 9.89 Å². The van der Waals surface area contributed by atoms with E-state index in [9.17, 15) is 5.11 Å². The number of halogens is 1. The van der Waals surface area contributed by atoms with Crippen LogP contribution in [0, 0.1) is 0 Å². The summed E-state index contributed by atoms with van der Waals surface area (Å²) < 4.78 is 11.7. The summed E-state index contributed by atoms with van der Waals surface area (Å²) in [7, 11) is 0. The van der Waals surface area contributed by atoms with Gasteiger partial charge in [0.1, 0.15) is 5.75 Å². The van der Waals surface area contributed by atoms with E-state index >= 15 is 0 Å². The summed E-state index contributed by atoms with van der Waals surface area (Å²) in [6.07, 6.45) is 2.18. The number of hydrogen-bond donors (Lipinski definition) is 3. The number of aliphatic hydroxyl groups is 1. The van der Waals surface area contributed by atoms with Crippen LogP contribution in [0.2, 0.25) is 0 Å². The molecule has 7 nitrogen and oxygen atoms in total. The van der Waals surface area contributed by atoms with Crippen LogP contribution in [0.15, 0.2) is 29.3 Å². The van der Waals surface area contributed by atoms with Gasteiger partial charge in [0.2, 0.25) is 0 Å². The van der Waals surface area contributed by atoms with E-state index in [0.29, 0.717) is 25.1 Å². The fourth-order valence-electron chi connectivity index (χ4n) is 3.89. The molecule has 0 radical (unpaired) electrons. The van der Waals surface area contributed by atoms with Crippen LogP contribution in [-0.4, -0.2) is 73.5 Å². The fraction of sp³-hybridized carbons (Fsp3) is 0.682. The van der Waals surface area contributed by atoms with Crippen molar-refractivity contribution in [2.75, 3.05) is 39.3 Å². The summed E-state index contributed by atoms with van der Waals surface area (Å²) in [5.41, 5.74) is 0.830. The molecule has 1 aromatic carbocycles. The maximum Gasteiger partial charge on any atom is 0.191 e. The molecule has 170 valence electrons. The lowest BCUT2D eigenvalue weighted by molar-refractivity contribution is -0.0453. The summed E-state index contributed by atoms with van der Waals surface area (Å²) >= 11 is 0. The molecule has 3 N–H and O–H groups in total. The zero-order valence-corrected chi connectivity index (χ0v) is 20.7. The largest absolute Gasteiger partial charge is 0.491 e. The molecule has 0 bridgehead atoms. The Morgan fingerprint density at radius 3 is 2.77 bits per heavy atom. The van der Waals surface area contributed by atoms with Gasteiger partial charge in [-0.1, -0.05) is 12.1 Å². The van der Waals surface area contributed by atoms with Gasteiger partial charge in [-0.15, -0.1) is 24.0 Å². The molecule has 0 saturated carbocycles. The van der Waals surface area contributed by atoms with Crippen molar-refractivity contribution in [2.45, 2.75) is 58.0 Å². The molecule has 30 heavy (non-hydrogen) atoms. The van der Waals surface area contributed by atoms with Gasteiger partial charge in [0.25, 0.3) is 0 Å². The summed E-state index contributed by atoms with van der Waals surface area (Å²) in [6.45, 7) is 10.8. The van der Waals surface area contributed by atoms with E-state index in [-0.39, 0.29) is 36.2 Å². The minimum Gasteiger partial charge on any atom is -0.491 e. The SMILES string of the molecule is CCNC(=NCC(O)c1ccc(OC(C)C)cc1)NCC1CN2CCCC2CO1.I. The van der Waals surface area contributed by atoms with Crippen molar-refractivity contribution in [1.29, 1.82) is 0 Å². The van der Waals surface area contributed by atoms with Crippen LogP contribution in [0.1, 0.15) is 45.3 Å². The van der Waals surface area contributed by atoms with Gasteiger partial charge in [-0.05, 0) is 57.9 Å². The van der Waals surface area contributed by atoms with Crippen molar-refractivity contribution in [3.63, 3.8) is 0 Å². The Morgan fingerprint density at radius 2 is 2.07 bits per heavy atom. The highest BCUT2D eigenvalue weighted by molar-refractivity contribution is 14.0. The Hall–Kier alpha value is -1.10. The van der Waals surface area contributed by atoms with E-state index in [1.54, 1.807) is 0 Å². The lowest BCUT2D eigenvalue weighted by atomic mass is 10.1. The number of aliphatic hydroxyl groups excluding tert-OH is 1. The summed E-state index contributed by atoms with van der Waals surface area (Å²) in [6, 6.07) is 8.16. The molecule has 2 aliphatic heterocycles. The minimum atomic E-state index is -0.658. The second kappa shape index (κ2) is 12.7. The predicted molar refractivity (Wildman–Crippen MR) is 131 cm³/mol. The lowest BCUT2D eigenvalue weighted by Gasteiger charge is -2.35. The molecule has 1 aromatic rings. The number of guanidine groups is 1. The minimum absolute atomic E-state index is 0. The van der Waals surface area contributed by atoms with Gasteiger partial charge in [0.05, 0.1) is 31.5 Å². The van der Waals surface area contributed by atoms with Gasteiger partial charge >= 0.3 is 0 Å². The molecule has 2 fully saturated rings. The first-order valence-electron chi connectivity index (χ1n) is 10.9. The second-order valence-electron chi connectivity index (χ2n) is 8.10. The van der Waals surface area contributed by atoms with E-state index in [0.717, 1.165) is 31.0 Å². The average Bonchev–Trinajstić information content (AvgIpc) is 3.18. The molecule has 8 heteroatoms. The van der Waals surface area contributed by atoms with Gasteiger partial charge in [-0.2, -0.15) is 0 Å². The normalized spacial score (nSPS) is 22.9. The number of benzene rings is 1. The standard InChI is InChI=1S/C22H36N4O3.HI/c1-4-23-22(24-12-20-14-26-11-5-6-18(26)15-28-20)25-13-21(27)17-7-9-19(10-8-17)29-16(2)3;/h7-10,16,18,20-21,27H,4-6,11-15H2,1-3H3,(H2,23,24,25);1H. The molecule has 0 spiro atoms. The highest BCUT2D eigenvalue weighted by atomic mass is 127. The van der Waals surface area contributed by atoms with E-state index in [1.807, 2.05) is 45.0 Å². The van der Waals surface area contributed by atoms with Crippen molar-refractivity contribution in [2.24, 2.45) is 4.99 Å². The highest BCUT2D eigenvalue weighted by Gasteiger charge is 2.32. The quantitative estimate of drug-likeness (QED) is 0.272. The van der Waals surface area contributed by atoms with Crippen LogP contribution in [-0.2, 0) is 4.74 Å². The molecule has 3 unspecified atom stereocenters. The number of nitrogens with zero attached hydrogens (tertiary/aromatic N) is 2. The topological polar surface area (TPSA) is 78.4 Å². The van der Waals surface area contributed by atoms with E-state index < -0.39 is 6.10 Å². The number of morpholine rings is 1. The van der Waals surface area contributed by atoms with Gasteiger partial charge in [0, 0.05) is 25.7 Å². The predicted octanol–water partition coefficient (Wildman–Crippen LogP) is 2.54. The Kier molecular flexibility index (Phi) is 10.6. The van der Waals surface area contributed by atoms with Gasteiger partial charge in [-0.25, -0.2) is 0 Å². The number of rotatable bonds is 8. The fourth-order valence-corrected chi connectivity index (χ4v) is 3.89. The molecule has 0 amide bonds. The molecule has 2 heterocycles. The van der Waals surface area contributed by atoms with Crippen molar-refractivity contribution >= 4 is 29.9 Å². The first kappa shape index (κ1) is 25.2. The monoisotopic (exact) mass is 532 g/mol. The summed E-state index contributed by atoms with van der Waals surface area (Å²) in [4.78, 5) is 7.09. The number of hydrogen-bond acceptors (Lipinski definition) is 5. The Labute approximate surface area is 197 Å². The summed E-state index contributed by atoms with van der Waals surface area (Å²) in [5.74, 6) is 1.51. The van der Waals surface area contributed by atoms with Gasteiger partial charge < -0.3 is 25.2 Å². The van der Waals surface area contributed by atoms with E-state index in [2.05, 4.69) is 20.5 Å². The van der Waals surface area contributed by atoms with Crippen LogP contribution in [0.3, 0.4) is 0 Å². The van der Waals surface area contributed by atoms with Crippen molar-refractivity contribution < 1.29 is 14.6 Å². The smallest absolute Gasteiger partial charge is 0.191 e. The van der Waals surface area contributed by atoms with Crippen LogP contribution >= 0.6 is 24.0 Å². The zero-order chi connectivity index (χ0) is 20.6. The first-order chi connectivity index (χ1) is 14.0. The van der Waals surface area contributed by atoms with Crippen LogP contribution in [0.4, 0.5) is 0 Å². The third-order valence-electron chi connectivity index (χ3n) is 5.36. The molecular weight excluding hydrogens is 495 g/mol. The maximum absolute atomic E-state index is 10.5. The highest BCUT2D eigenvalue weighted by Crippen LogP contribution is 2.22. The number of fused-ring (bicyclic) bond motifs is 1. The molecule has 3 atom stereocenters. The van der Waals surface area contributed by atoms with Crippen molar-refractivity contribution in [1.82, 2.24) is 15.5 Å². The first-order valence-corrected chi connectivity index (χ1v) is 10.9. The average molecular weight is 532 g/mol. The third kappa shape index (κ3) is 7.55. The molecule has 3 rings (SSSR count). The summed E-state index contributed by atoms with van der Waals surface area (Å²) in [5, 5.41) is 17.1. The van der Waals surface area contributed by atoms with Gasteiger partial charge in [0.15, 0.2) is 5.96 Å². The van der Waals surface area contributed by atoms with Crippen molar-refractivity contribution in [3.05, 3.63) is 29.8 Å². The number of aliphatic imine (C=N–C) groups is 1. The molecule has 0 aliphatic carbocycles. The zero-order valence-electron chi connectivity index (χ0n) is 18.3. The Balaban J connectivity index is 0.00000320. The van der Waals surface area contributed by atoms with Crippen LogP contribution in [0.25, 0.3) is 0 Å². The molecular formula is C22H37IN4O3. The van der Waals surface area contributed by atoms with Crippen LogP contribution < -0.4 is 15.4 Å². The lowest BCUT2D eigenvalue weighted by Crippen LogP contribution is -2.51. The molecule has 2 saturated heterocycles. The maximum atomic E-state index is 10.5. The number of nitrogens with one attached hydrogen (secondary N) is 2. The van der Waals surface area contributed by atoms with E-state index in [4.69, 9.17) is 9.47 Å². The Morgan fingerprint density at radius 1 is 1.30 bits per heavy atom. The molecule has 0 aromatic heterocycles. The Bertz CT molecular complexity index is 656. The third-order valence-corrected chi connectivity index (χ3v) is 5.36. The van der Waals surface area contributed by atoms with E-state index in [1.165, 1.54) is 19.4 Å². The van der Waals surface area contributed by atoms with Crippen LogP contribution in [0.5, 0.6) is 5.75 Å². The molecule has 2 aliphatic rings. The second-order valence-corrected chi connectivity index (χ2v) is 8.10. The van der Waals surface area contributed by atoms with Crippen molar-refractivity contribution in [3.8, 4) is 5.75 Å².